The van der Waals surface area contributed by atoms with E-state index in [1.807, 2.05) is 0 Å². The van der Waals surface area contributed by atoms with Crippen molar-refractivity contribution in [2.24, 2.45) is 0 Å². The molecule has 3 atom stereocenters. The van der Waals surface area contributed by atoms with Crippen LogP contribution in [-0.4, -0.2) is 69.5 Å². The number of hydrogen-bond donors (Lipinski definition) is 3. The van der Waals surface area contributed by atoms with E-state index in [4.69, 9.17) is 10.2 Å². The van der Waals surface area contributed by atoms with Crippen LogP contribution in [0.4, 0.5) is 4.79 Å². The third-order valence-electron chi connectivity index (χ3n) is 2.85. The lowest BCUT2D eigenvalue weighted by Gasteiger charge is -2.35. The van der Waals surface area contributed by atoms with Gasteiger partial charge in [0.15, 0.2) is 6.23 Å². The van der Waals surface area contributed by atoms with Crippen molar-refractivity contribution in [1.82, 2.24) is 10.2 Å². The highest BCUT2D eigenvalue weighted by molar-refractivity contribution is 7.99. The Morgan fingerprint density at radius 3 is 2.50 bits per heavy atom. The van der Waals surface area contributed by atoms with Gasteiger partial charge in [-0.2, -0.15) is 11.8 Å². The summed E-state index contributed by atoms with van der Waals surface area (Å²) in [6, 6.07) is -1.60. The minimum absolute atomic E-state index is 0.370. The van der Waals surface area contributed by atoms with Crippen molar-refractivity contribution < 1.29 is 29.3 Å². The monoisotopic (exact) mass is 306 g/mol. The van der Waals surface area contributed by atoms with Crippen molar-refractivity contribution in [2.45, 2.75) is 32.2 Å². The lowest BCUT2D eigenvalue weighted by atomic mass is 10.2. The molecule has 9 heteroatoms. The van der Waals surface area contributed by atoms with Crippen molar-refractivity contribution in [1.29, 1.82) is 0 Å². The van der Waals surface area contributed by atoms with Crippen molar-refractivity contribution in [2.75, 3.05) is 18.1 Å². The summed E-state index contributed by atoms with van der Waals surface area (Å²) in [5.41, 5.74) is 0. The molecule has 0 spiro atoms. The molecule has 0 radical (unpaired) electrons. The molecule has 114 valence electrons. The topological polar surface area (TPSA) is 116 Å². The number of carbonyl (C=O) groups excluding carboxylic acids is 1. The fourth-order valence-electron chi connectivity index (χ4n) is 1.81. The zero-order valence-electron chi connectivity index (χ0n) is 11.2. The van der Waals surface area contributed by atoms with Gasteiger partial charge >= 0.3 is 12.1 Å². The number of carbonyl (C=O) groups is 3. The van der Waals surface area contributed by atoms with Crippen LogP contribution in [0.1, 0.15) is 13.8 Å². The first-order valence-corrected chi connectivity index (χ1v) is 7.25. The maximum Gasteiger partial charge on any atom is 0.507 e. The molecule has 8 nitrogen and oxygen atoms in total. The minimum atomic E-state index is -1.44. The van der Waals surface area contributed by atoms with Gasteiger partial charge in [-0.1, -0.05) is 0 Å². The van der Waals surface area contributed by atoms with Gasteiger partial charge in [-0.05, 0) is 13.8 Å². The van der Waals surface area contributed by atoms with E-state index in [-0.39, 0.29) is 5.91 Å². The Hall–Kier alpha value is -1.48. The summed E-state index contributed by atoms with van der Waals surface area (Å²) in [5.74, 6) is -0.368. The minimum Gasteiger partial charge on any atom is -0.480 e. The van der Waals surface area contributed by atoms with E-state index in [0.29, 0.717) is 18.1 Å². The van der Waals surface area contributed by atoms with Crippen LogP contribution in [0.2, 0.25) is 0 Å². The molecule has 1 aliphatic heterocycles. The normalized spacial score (nSPS) is 21.9. The number of aliphatic carboxylic acids is 1. The summed E-state index contributed by atoms with van der Waals surface area (Å²) in [5, 5.41) is 20.1. The number of carboxylic acid groups (broad SMARTS) is 2. The smallest absolute Gasteiger partial charge is 0.480 e. The Bertz CT molecular complexity index is 391. The number of nitrogens with zero attached hydrogens (tertiary/aromatic N) is 1. The maximum absolute atomic E-state index is 12.2. The van der Waals surface area contributed by atoms with Crippen LogP contribution in [-0.2, 0) is 14.3 Å². The second-order valence-corrected chi connectivity index (χ2v) is 5.54. The fourth-order valence-corrected chi connectivity index (χ4v) is 2.76. The molecule has 20 heavy (non-hydrogen) atoms. The van der Waals surface area contributed by atoms with Gasteiger partial charge in [0.05, 0.1) is 11.8 Å². The molecule has 1 fully saturated rings. The molecule has 1 aliphatic rings. The summed E-state index contributed by atoms with van der Waals surface area (Å²) in [6.45, 7) is 3.35. The van der Waals surface area contributed by atoms with Gasteiger partial charge in [0.1, 0.15) is 6.04 Å². The lowest BCUT2D eigenvalue weighted by molar-refractivity contribution is -0.144. The molecule has 1 saturated heterocycles. The molecule has 0 aliphatic carbocycles. The maximum atomic E-state index is 12.2. The van der Waals surface area contributed by atoms with E-state index < -0.39 is 30.4 Å². The number of ether oxygens (including phenoxy) is 1. The summed E-state index contributed by atoms with van der Waals surface area (Å²) >= 11 is 1.50. The van der Waals surface area contributed by atoms with Gasteiger partial charge < -0.3 is 19.8 Å². The Kier molecular flexibility index (Phi) is 6.08. The second kappa shape index (κ2) is 7.34. The summed E-state index contributed by atoms with van der Waals surface area (Å²) < 4.78 is 4.68. The van der Waals surface area contributed by atoms with Crippen LogP contribution < -0.4 is 5.32 Å². The first-order chi connectivity index (χ1) is 9.32. The first kappa shape index (κ1) is 16.6. The van der Waals surface area contributed by atoms with Crippen LogP contribution in [0, 0.1) is 0 Å². The third-order valence-corrected chi connectivity index (χ3v) is 3.84. The summed E-state index contributed by atoms with van der Waals surface area (Å²) in [7, 11) is 0. The molecule has 1 rings (SSSR count). The van der Waals surface area contributed by atoms with E-state index >= 15 is 0 Å². The van der Waals surface area contributed by atoms with Gasteiger partial charge in [-0.25, -0.2) is 4.79 Å². The largest absolute Gasteiger partial charge is 0.507 e. The lowest BCUT2D eigenvalue weighted by Crippen LogP contribution is -2.55. The molecule has 0 saturated carbocycles. The molecular weight excluding hydrogens is 288 g/mol. The number of hydrogen-bond acceptors (Lipinski definition) is 6. The van der Waals surface area contributed by atoms with Crippen LogP contribution in [0.25, 0.3) is 0 Å². The molecule has 0 bridgehead atoms. The standard InChI is InChI=1S/C11H18N2O6S/c1-6(12-7(2)10(15)16)9(14)13-3-4-20-5-8(13)19-11(17)18/h6-8,12H,3-5H2,1-2H3,(H,15,16)(H,17,18)/t6-,7?,8?/m0/s1. The van der Waals surface area contributed by atoms with Gasteiger partial charge in [0.2, 0.25) is 5.91 Å². The number of amides is 1. The van der Waals surface area contributed by atoms with E-state index in [1.54, 1.807) is 6.92 Å². The van der Waals surface area contributed by atoms with Gasteiger partial charge in [0, 0.05) is 12.3 Å². The molecule has 1 heterocycles. The summed E-state index contributed by atoms with van der Waals surface area (Å²) in [6.07, 6.45) is -2.27. The van der Waals surface area contributed by atoms with E-state index in [1.165, 1.54) is 23.6 Å². The number of carboxylic acids is 1. The fraction of sp³-hybridized carbons (Fsp3) is 0.727. The van der Waals surface area contributed by atoms with Crippen molar-refractivity contribution in [3.8, 4) is 0 Å². The van der Waals surface area contributed by atoms with Gasteiger partial charge in [-0.15, -0.1) is 0 Å². The Morgan fingerprint density at radius 2 is 1.95 bits per heavy atom. The van der Waals surface area contributed by atoms with Crippen molar-refractivity contribution in [3.63, 3.8) is 0 Å². The quantitative estimate of drug-likeness (QED) is 0.609. The average molecular weight is 306 g/mol. The highest BCUT2D eigenvalue weighted by atomic mass is 32.2. The average Bonchev–Trinajstić information content (AvgIpc) is 2.37. The molecule has 0 aromatic rings. The Balaban J connectivity index is 2.66. The van der Waals surface area contributed by atoms with E-state index in [9.17, 15) is 14.4 Å². The highest BCUT2D eigenvalue weighted by Gasteiger charge is 2.33. The SMILES string of the molecule is CC(N[C@@H](C)C(=O)N1CCSCC1OC(=O)O)C(=O)O. The molecule has 3 N–H and O–H groups in total. The van der Waals surface area contributed by atoms with Gasteiger partial charge in [0.25, 0.3) is 0 Å². The van der Waals surface area contributed by atoms with Crippen LogP contribution >= 0.6 is 11.8 Å². The van der Waals surface area contributed by atoms with Gasteiger partial charge in [-0.3, -0.25) is 14.9 Å². The molecule has 0 aromatic carbocycles. The molecular formula is C11H18N2O6S. The van der Waals surface area contributed by atoms with Crippen LogP contribution in [0.3, 0.4) is 0 Å². The summed E-state index contributed by atoms with van der Waals surface area (Å²) in [4.78, 5) is 34.9. The van der Waals surface area contributed by atoms with Crippen LogP contribution in [0.5, 0.6) is 0 Å². The van der Waals surface area contributed by atoms with E-state index in [0.717, 1.165) is 0 Å². The Labute approximate surface area is 120 Å². The van der Waals surface area contributed by atoms with E-state index in [2.05, 4.69) is 10.1 Å². The zero-order valence-corrected chi connectivity index (χ0v) is 12.1. The number of thioether (sulfide) groups is 1. The number of rotatable bonds is 5. The Morgan fingerprint density at radius 1 is 1.30 bits per heavy atom. The molecule has 0 aromatic heterocycles. The highest BCUT2D eigenvalue weighted by Crippen LogP contribution is 2.18. The molecule has 1 amide bonds. The zero-order chi connectivity index (χ0) is 15.3. The first-order valence-electron chi connectivity index (χ1n) is 6.09. The predicted molar refractivity (Wildman–Crippen MR) is 71.6 cm³/mol. The molecule has 2 unspecified atom stereocenters. The van der Waals surface area contributed by atoms with Crippen molar-refractivity contribution >= 4 is 29.8 Å². The second-order valence-electron chi connectivity index (χ2n) is 4.39. The number of nitrogens with one attached hydrogen (secondary N) is 1. The van der Waals surface area contributed by atoms with Crippen molar-refractivity contribution in [3.05, 3.63) is 0 Å². The third kappa shape index (κ3) is 4.57. The van der Waals surface area contributed by atoms with Crippen LogP contribution in [0.15, 0.2) is 0 Å². The predicted octanol–water partition coefficient (Wildman–Crippen LogP) is 0.0337.